The number of fused-ring (bicyclic) bond motifs is 1. The first kappa shape index (κ1) is 13.4. The zero-order valence-corrected chi connectivity index (χ0v) is 11.9. The molecule has 7 nitrogen and oxygen atoms in total. The summed E-state index contributed by atoms with van der Waals surface area (Å²) in [4.78, 5) is 15.9. The van der Waals surface area contributed by atoms with E-state index >= 15 is 0 Å². The second-order valence-corrected chi connectivity index (χ2v) is 5.05. The molecule has 0 aliphatic heterocycles. The summed E-state index contributed by atoms with van der Waals surface area (Å²) >= 11 is 0. The van der Waals surface area contributed by atoms with Crippen LogP contribution in [0.2, 0.25) is 0 Å². The number of hydrogen-bond acceptors (Lipinski definition) is 5. The lowest BCUT2D eigenvalue weighted by Crippen LogP contribution is -1.98. The maximum atomic E-state index is 13.8. The van der Waals surface area contributed by atoms with Crippen LogP contribution in [-0.2, 0) is 6.42 Å². The molecular weight excluding hydrogens is 297 g/mol. The van der Waals surface area contributed by atoms with Crippen molar-refractivity contribution in [1.29, 1.82) is 0 Å². The summed E-state index contributed by atoms with van der Waals surface area (Å²) in [5, 5.41) is 6.75. The van der Waals surface area contributed by atoms with Crippen molar-refractivity contribution in [3.63, 3.8) is 0 Å². The van der Waals surface area contributed by atoms with Crippen LogP contribution in [0.4, 0.5) is 10.3 Å². The van der Waals surface area contributed by atoms with E-state index in [9.17, 15) is 4.39 Å². The van der Waals surface area contributed by atoms with Gasteiger partial charge in [0.2, 0.25) is 5.95 Å². The first-order valence-electron chi connectivity index (χ1n) is 6.96. The smallest absolute Gasteiger partial charge is 0.222 e. The Balaban J connectivity index is 1.82. The Morgan fingerprint density at radius 2 is 1.96 bits per heavy atom. The molecule has 0 atom stereocenters. The monoisotopic (exact) mass is 309 g/mol. The predicted molar refractivity (Wildman–Crippen MR) is 82.9 cm³/mol. The predicted octanol–water partition coefficient (Wildman–Crippen LogP) is 2.06. The second kappa shape index (κ2) is 5.16. The molecule has 0 spiro atoms. The zero-order chi connectivity index (χ0) is 15.8. The van der Waals surface area contributed by atoms with Crippen LogP contribution >= 0.6 is 0 Å². The van der Waals surface area contributed by atoms with Crippen LogP contribution in [0.25, 0.3) is 22.6 Å². The van der Waals surface area contributed by atoms with E-state index in [0.717, 1.165) is 0 Å². The Labute approximate surface area is 129 Å². The third-order valence-electron chi connectivity index (χ3n) is 3.49. The highest BCUT2D eigenvalue weighted by atomic mass is 19.1. The van der Waals surface area contributed by atoms with Crippen LogP contribution in [0.1, 0.15) is 11.4 Å². The number of aromatic amines is 2. The molecule has 4 N–H and O–H groups in total. The fourth-order valence-electron chi connectivity index (χ4n) is 2.45. The summed E-state index contributed by atoms with van der Waals surface area (Å²) in [6.07, 6.45) is 1.95. The van der Waals surface area contributed by atoms with Gasteiger partial charge in [-0.25, -0.2) is 14.4 Å². The maximum absolute atomic E-state index is 13.8. The molecule has 0 saturated carbocycles. The van der Waals surface area contributed by atoms with Crippen LogP contribution < -0.4 is 5.73 Å². The Morgan fingerprint density at radius 3 is 2.74 bits per heavy atom. The van der Waals surface area contributed by atoms with Gasteiger partial charge in [0.05, 0.1) is 5.69 Å². The summed E-state index contributed by atoms with van der Waals surface area (Å²) in [7, 11) is 0. The summed E-state index contributed by atoms with van der Waals surface area (Å²) in [6, 6.07) is 8.36. The average molecular weight is 309 g/mol. The molecule has 114 valence electrons. The Morgan fingerprint density at radius 1 is 1.09 bits per heavy atom. The van der Waals surface area contributed by atoms with Crippen molar-refractivity contribution in [2.45, 2.75) is 6.42 Å². The number of nitrogens with one attached hydrogen (secondary N) is 2. The number of rotatable bonds is 3. The van der Waals surface area contributed by atoms with E-state index in [1.54, 1.807) is 30.5 Å². The van der Waals surface area contributed by atoms with Crippen molar-refractivity contribution in [2.24, 2.45) is 0 Å². The van der Waals surface area contributed by atoms with Crippen molar-refractivity contribution < 1.29 is 4.39 Å². The van der Waals surface area contributed by atoms with Crippen LogP contribution in [0.15, 0.2) is 36.5 Å². The van der Waals surface area contributed by atoms with Crippen molar-refractivity contribution >= 4 is 17.1 Å². The van der Waals surface area contributed by atoms with Crippen LogP contribution in [-0.4, -0.2) is 30.1 Å². The van der Waals surface area contributed by atoms with Crippen LogP contribution in [0, 0.1) is 5.82 Å². The van der Waals surface area contributed by atoms with Gasteiger partial charge in [0.25, 0.3) is 0 Å². The minimum atomic E-state index is -0.271. The van der Waals surface area contributed by atoms with Crippen molar-refractivity contribution in [3.05, 3.63) is 53.7 Å². The van der Waals surface area contributed by atoms with Gasteiger partial charge >= 0.3 is 0 Å². The highest BCUT2D eigenvalue weighted by molar-refractivity contribution is 5.86. The van der Waals surface area contributed by atoms with E-state index in [1.807, 2.05) is 0 Å². The number of imidazole rings is 1. The quantitative estimate of drug-likeness (QED) is 0.536. The minimum Gasteiger partial charge on any atom is -0.368 e. The molecule has 0 unspecified atom stereocenters. The average Bonchev–Trinajstić information content (AvgIpc) is 3.18. The first-order valence-corrected chi connectivity index (χ1v) is 6.96. The number of nitrogen functional groups attached to an aromatic ring is 1. The zero-order valence-electron chi connectivity index (χ0n) is 11.9. The molecule has 0 saturated heterocycles. The molecule has 0 radical (unpaired) electrons. The van der Waals surface area contributed by atoms with Gasteiger partial charge in [0, 0.05) is 12.6 Å². The molecule has 0 amide bonds. The number of hydrogen-bond donors (Lipinski definition) is 3. The van der Waals surface area contributed by atoms with E-state index in [-0.39, 0.29) is 11.8 Å². The number of nitrogens with two attached hydrogens (primary N) is 1. The standard InChI is InChI=1S/C15H12FN7/c16-9-4-2-1-3-8(9)7-11-19-13-12(10-5-6-18-23-10)21-15(17)22-14(13)20-11/h1-6H,7H2,(H,18,23)(H3,17,19,20,21,22). The third kappa shape index (κ3) is 2.39. The normalized spacial score (nSPS) is 11.2. The summed E-state index contributed by atoms with van der Waals surface area (Å²) in [5.41, 5.74) is 8.65. The van der Waals surface area contributed by atoms with Crippen molar-refractivity contribution in [2.75, 3.05) is 5.73 Å². The minimum absolute atomic E-state index is 0.117. The number of nitrogens with zero attached hydrogens (tertiary/aromatic N) is 4. The Bertz CT molecular complexity index is 975. The van der Waals surface area contributed by atoms with Gasteiger partial charge in [-0.15, -0.1) is 0 Å². The van der Waals surface area contributed by atoms with Gasteiger partial charge in [0.15, 0.2) is 5.65 Å². The second-order valence-electron chi connectivity index (χ2n) is 5.05. The molecule has 8 heteroatoms. The largest absolute Gasteiger partial charge is 0.368 e. The third-order valence-corrected chi connectivity index (χ3v) is 3.49. The summed E-state index contributed by atoms with van der Waals surface area (Å²) in [5.74, 6) is 0.434. The number of benzene rings is 1. The fourth-order valence-corrected chi connectivity index (χ4v) is 2.45. The molecule has 3 aromatic heterocycles. The van der Waals surface area contributed by atoms with E-state index in [1.165, 1.54) is 6.07 Å². The van der Waals surface area contributed by atoms with Gasteiger partial charge in [0.1, 0.15) is 22.9 Å². The molecular formula is C15H12FN7. The Hall–Kier alpha value is -3.29. The highest BCUT2D eigenvalue weighted by Crippen LogP contribution is 2.24. The van der Waals surface area contributed by atoms with Crippen molar-refractivity contribution in [1.82, 2.24) is 30.1 Å². The van der Waals surface area contributed by atoms with E-state index in [4.69, 9.17) is 5.73 Å². The summed E-state index contributed by atoms with van der Waals surface area (Å²) < 4.78 is 13.8. The fraction of sp³-hybridized carbons (Fsp3) is 0.0667. The number of aromatic nitrogens is 6. The molecule has 0 aliphatic rings. The number of H-pyrrole nitrogens is 2. The van der Waals surface area contributed by atoms with Gasteiger partial charge in [-0.3, -0.25) is 5.10 Å². The molecule has 4 rings (SSSR count). The maximum Gasteiger partial charge on any atom is 0.222 e. The SMILES string of the molecule is Nc1nc(-c2ccn[nH]2)c2[nH]c(Cc3ccccc3F)nc2n1. The lowest BCUT2D eigenvalue weighted by molar-refractivity contribution is 0.612. The molecule has 0 bridgehead atoms. The molecule has 4 aromatic rings. The van der Waals surface area contributed by atoms with Gasteiger partial charge < -0.3 is 10.7 Å². The van der Waals surface area contributed by atoms with Crippen molar-refractivity contribution in [3.8, 4) is 11.4 Å². The topological polar surface area (TPSA) is 109 Å². The molecule has 0 fully saturated rings. The molecule has 0 aliphatic carbocycles. The van der Waals surface area contributed by atoms with Gasteiger partial charge in [-0.2, -0.15) is 10.1 Å². The molecule has 3 heterocycles. The number of halogens is 1. The van der Waals surface area contributed by atoms with E-state index in [0.29, 0.717) is 40.4 Å². The van der Waals surface area contributed by atoms with E-state index < -0.39 is 0 Å². The van der Waals surface area contributed by atoms with Gasteiger partial charge in [-0.05, 0) is 17.7 Å². The number of anilines is 1. The Kier molecular flexibility index (Phi) is 3.00. The molecule has 1 aromatic carbocycles. The van der Waals surface area contributed by atoms with Gasteiger partial charge in [-0.1, -0.05) is 18.2 Å². The molecule has 23 heavy (non-hydrogen) atoms. The summed E-state index contributed by atoms with van der Waals surface area (Å²) in [6.45, 7) is 0. The first-order chi connectivity index (χ1) is 11.2. The van der Waals surface area contributed by atoms with Crippen LogP contribution in [0.5, 0.6) is 0 Å². The highest BCUT2D eigenvalue weighted by Gasteiger charge is 2.15. The lowest BCUT2D eigenvalue weighted by atomic mass is 10.1. The van der Waals surface area contributed by atoms with Crippen LogP contribution in [0.3, 0.4) is 0 Å². The van der Waals surface area contributed by atoms with E-state index in [2.05, 4.69) is 30.1 Å². The lowest BCUT2D eigenvalue weighted by Gasteiger charge is -2.00.